The lowest BCUT2D eigenvalue weighted by Gasteiger charge is -2.28. The molecule has 0 aliphatic carbocycles. The van der Waals surface area contributed by atoms with Crippen LogP contribution in [0, 0.1) is 0 Å². The van der Waals surface area contributed by atoms with Gasteiger partial charge in [-0.1, -0.05) is 23.5 Å². The van der Waals surface area contributed by atoms with Gasteiger partial charge < -0.3 is 19.7 Å². The SMILES string of the molecule is O=C(CSc1nnc(N2CCOCC2)n1CC1CCCO1)Nc1ccc(SC(F)F)cc1. The van der Waals surface area contributed by atoms with Crippen molar-refractivity contribution in [2.45, 2.75) is 41.3 Å². The lowest BCUT2D eigenvalue weighted by atomic mass is 10.2. The Morgan fingerprint density at radius 3 is 2.66 bits per heavy atom. The van der Waals surface area contributed by atoms with E-state index in [1.165, 1.54) is 11.8 Å². The van der Waals surface area contributed by atoms with Crippen LogP contribution in [0.3, 0.4) is 0 Å². The fourth-order valence-corrected chi connectivity index (χ4v) is 4.83. The van der Waals surface area contributed by atoms with Crippen molar-refractivity contribution < 1.29 is 23.0 Å². The molecule has 2 fully saturated rings. The molecule has 0 spiro atoms. The van der Waals surface area contributed by atoms with Crippen LogP contribution in [0.15, 0.2) is 34.3 Å². The number of halogens is 2. The van der Waals surface area contributed by atoms with Crippen molar-refractivity contribution >= 4 is 41.1 Å². The predicted molar refractivity (Wildman–Crippen MR) is 120 cm³/mol. The summed E-state index contributed by atoms with van der Waals surface area (Å²) in [5.74, 6) is -1.75. The van der Waals surface area contributed by atoms with Gasteiger partial charge in [0.15, 0.2) is 5.16 Å². The van der Waals surface area contributed by atoms with E-state index in [0.29, 0.717) is 47.3 Å². The fourth-order valence-electron chi connectivity index (χ4n) is 3.58. The highest BCUT2D eigenvalue weighted by Gasteiger charge is 2.25. The molecule has 1 aromatic heterocycles. The van der Waals surface area contributed by atoms with Crippen LogP contribution in [0.1, 0.15) is 12.8 Å². The number of alkyl halides is 2. The van der Waals surface area contributed by atoms with E-state index in [0.717, 1.165) is 38.5 Å². The van der Waals surface area contributed by atoms with Crippen molar-refractivity contribution in [2.75, 3.05) is 48.9 Å². The van der Waals surface area contributed by atoms with Gasteiger partial charge in [-0.05, 0) is 37.1 Å². The van der Waals surface area contributed by atoms with Crippen LogP contribution >= 0.6 is 23.5 Å². The van der Waals surface area contributed by atoms with Crippen LogP contribution in [0.5, 0.6) is 0 Å². The monoisotopic (exact) mass is 485 g/mol. The quantitative estimate of drug-likeness (QED) is 0.542. The number of hydrogen-bond donors (Lipinski definition) is 1. The highest BCUT2D eigenvalue weighted by molar-refractivity contribution is 8.00. The van der Waals surface area contributed by atoms with Gasteiger partial charge in [0.05, 0.1) is 31.6 Å². The number of nitrogens with one attached hydrogen (secondary N) is 1. The highest BCUT2D eigenvalue weighted by Crippen LogP contribution is 2.27. The third kappa shape index (κ3) is 6.33. The van der Waals surface area contributed by atoms with E-state index in [-0.39, 0.29) is 17.8 Å². The molecule has 0 radical (unpaired) electrons. The van der Waals surface area contributed by atoms with Crippen molar-refractivity contribution in [1.82, 2.24) is 14.8 Å². The van der Waals surface area contributed by atoms with E-state index in [1.54, 1.807) is 24.3 Å². The first-order chi connectivity index (χ1) is 15.6. The average Bonchev–Trinajstić information content (AvgIpc) is 3.44. The first-order valence-corrected chi connectivity index (χ1v) is 12.3. The number of carbonyl (C=O) groups is 1. The topological polar surface area (TPSA) is 81.5 Å². The zero-order valence-corrected chi connectivity index (χ0v) is 19.0. The number of ether oxygens (including phenoxy) is 2. The maximum Gasteiger partial charge on any atom is 0.288 e. The Kier molecular flexibility index (Phi) is 8.22. The molecule has 3 heterocycles. The Bertz CT molecular complexity index is 888. The fraction of sp³-hybridized carbons (Fsp3) is 0.550. The number of aromatic nitrogens is 3. The number of benzene rings is 1. The zero-order valence-electron chi connectivity index (χ0n) is 17.4. The minimum absolute atomic E-state index is 0.114. The van der Waals surface area contributed by atoms with Gasteiger partial charge in [0.25, 0.3) is 5.76 Å². The Morgan fingerprint density at radius 1 is 1.19 bits per heavy atom. The van der Waals surface area contributed by atoms with Crippen LogP contribution in [0.2, 0.25) is 0 Å². The lowest BCUT2D eigenvalue weighted by molar-refractivity contribution is -0.113. The van der Waals surface area contributed by atoms with Crippen LogP contribution in [-0.2, 0) is 20.8 Å². The number of hydrogen-bond acceptors (Lipinski definition) is 8. The minimum atomic E-state index is -2.47. The van der Waals surface area contributed by atoms with Crippen molar-refractivity contribution in [3.63, 3.8) is 0 Å². The molecule has 8 nitrogen and oxygen atoms in total. The number of rotatable bonds is 9. The molecule has 12 heteroatoms. The summed E-state index contributed by atoms with van der Waals surface area (Å²) >= 11 is 1.79. The molecule has 2 aromatic rings. The second kappa shape index (κ2) is 11.3. The Balaban J connectivity index is 1.38. The van der Waals surface area contributed by atoms with E-state index < -0.39 is 5.76 Å². The van der Waals surface area contributed by atoms with Gasteiger partial charge in [0.1, 0.15) is 0 Å². The summed E-state index contributed by atoms with van der Waals surface area (Å²) in [6, 6.07) is 6.35. The van der Waals surface area contributed by atoms with Crippen molar-refractivity contribution in [1.29, 1.82) is 0 Å². The van der Waals surface area contributed by atoms with Gasteiger partial charge in [-0.15, -0.1) is 10.2 Å². The van der Waals surface area contributed by atoms with Crippen LogP contribution in [-0.4, -0.2) is 71.2 Å². The summed E-state index contributed by atoms with van der Waals surface area (Å²) in [5, 5.41) is 12.2. The van der Waals surface area contributed by atoms with E-state index in [4.69, 9.17) is 9.47 Å². The maximum atomic E-state index is 12.4. The Morgan fingerprint density at radius 2 is 1.97 bits per heavy atom. The van der Waals surface area contributed by atoms with E-state index >= 15 is 0 Å². The minimum Gasteiger partial charge on any atom is -0.378 e. The summed E-state index contributed by atoms with van der Waals surface area (Å²) in [5.41, 5.74) is 0.559. The first-order valence-electron chi connectivity index (χ1n) is 10.4. The molecule has 2 saturated heterocycles. The molecule has 174 valence electrons. The first kappa shape index (κ1) is 23.3. The molecule has 1 unspecified atom stereocenters. The molecule has 2 aliphatic rings. The maximum absolute atomic E-state index is 12.4. The number of carbonyl (C=O) groups excluding carboxylic acids is 1. The zero-order chi connectivity index (χ0) is 22.3. The van der Waals surface area contributed by atoms with Crippen molar-refractivity contribution in [3.05, 3.63) is 24.3 Å². The molecule has 0 saturated carbocycles. The second-order valence-corrected chi connectivity index (χ2v) is 9.37. The highest BCUT2D eigenvalue weighted by atomic mass is 32.2. The molecular formula is C20H25F2N5O3S2. The summed E-state index contributed by atoms with van der Waals surface area (Å²) in [7, 11) is 0. The molecule has 32 heavy (non-hydrogen) atoms. The molecular weight excluding hydrogens is 460 g/mol. The van der Waals surface area contributed by atoms with E-state index in [9.17, 15) is 13.6 Å². The molecule has 4 rings (SSSR count). The third-order valence-electron chi connectivity index (χ3n) is 5.10. The average molecular weight is 486 g/mol. The van der Waals surface area contributed by atoms with E-state index in [1.807, 2.05) is 4.57 Å². The molecule has 1 aromatic carbocycles. The van der Waals surface area contributed by atoms with Gasteiger partial charge in [-0.25, -0.2) is 0 Å². The van der Waals surface area contributed by atoms with Crippen LogP contribution in [0.25, 0.3) is 0 Å². The van der Waals surface area contributed by atoms with Gasteiger partial charge in [0.2, 0.25) is 11.9 Å². The van der Waals surface area contributed by atoms with Gasteiger partial charge in [-0.3, -0.25) is 9.36 Å². The van der Waals surface area contributed by atoms with Crippen molar-refractivity contribution in [3.8, 4) is 0 Å². The normalized spacial score (nSPS) is 19.0. The van der Waals surface area contributed by atoms with Gasteiger partial charge >= 0.3 is 0 Å². The van der Waals surface area contributed by atoms with Crippen LogP contribution < -0.4 is 10.2 Å². The predicted octanol–water partition coefficient (Wildman–Crippen LogP) is 3.34. The van der Waals surface area contributed by atoms with Crippen LogP contribution in [0.4, 0.5) is 20.4 Å². The number of amides is 1. The summed E-state index contributed by atoms with van der Waals surface area (Å²) in [4.78, 5) is 15.0. The standard InChI is InChI=1S/C20H25F2N5O3S2/c21-18(22)32-16-5-3-14(4-6-16)23-17(28)13-31-20-25-24-19(26-7-10-29-11-8-26)27(20)12-15-2-1-9-30-15/h3-6,15,18H,1-2,7-13H2,(H,23,28). The number of anilines is 2. The summed E-state index contributed by atoms with van der Waals surface area (Å²) in [6.07, 6.45) is 2.15. The smallest absolute Gasteiger partial charge is 0.288 e. The second-order valence-electron chi connectivity index (χ2n) is 7.37. The van der Waals surface area contributed by atoms with Crippen molar-refractivity contribution in [2.24, 2.45) is 0 Å². The van der Waals surface area contributed by atoms with Gasteiger partial charge in [0, 0.05) is 30.3 Å². The number of nitrogens with zero attached hydrogens (tertiary/aromatic N) is 4. The number of thioether (sulfide) groups is 2. The summed E-state index contributed by atoms with van der Waals surface area (Å²) < 4.78 is 38.2. The lowest BCUT2D eigenvalue weighted by Crippen LogP contribution is -2.38. The molecule has 1 atom stereocenters. The Labute approximate surface area is 193 Å². The molecule has 0 bridgehead atoms. The number of morpholine rings is 1. The molecule has 1 N–H and O–H groups in total. The van der Waals surface area contributed by atoms with E-state index in [2.05, 4.69) is 20.4 Å². The molecule has 1 amide bonds. The largest absolute Gasteiger partial charge is 0.378 e. The molecule has 2 aliphatic heterocycles. The summed E-state index contributed by atoms with van der Waals surface area (Å²) in [6.45, 7) is 4.19. The van der Waals surface area contributed by atoms with Gasteiger partial charge in [-0.2, -0.15) is 8.78 Å². The third-order valence-corrected chi connectivity index (χ3v) is 6.79. The Hall–Kier alpha value is -1.89.